The van der Waals surface area contributed by atoms with Gasteiger partial charge in [-0.05, 0) is 23.1 Å². The van der Waals surface area contributed by atoms with E-state index < -0.39 is 0 Å². The van der Waals surface area contributed by atoms with Crippen LogP contribution in [0.1, 0.15) is 5.56 Å². The highest BCUT2D eigenvalue weighted by Crippen LogP contribution is 2.26. The highest BCUT2D eigenvalue weighted by molar-refractivity contribution is 9.08. The molecule has 2 rings (SSSR count). The van der Waals surface area contributed by atoms with Gasteiger partial charge in [-0.1, -0.05) is 27.5 Å². The van der Waals surface area contributed by atoms with Crippen molar-refractivity contribution in [3.63, 3.8) is 0 Å². The molecule has 0 aliphatic carbocycles. The lowest BCUT2D eigenvalue weighted by molar-refractivity contribution is 1.38. The smallest absolute Gasteiger partial charge is 0.131 e. The number of aromatic nitrogens is 1. The molecule has 0 bridgehead atoms. The fraction of sp³-hybridized carbons (Fsp3) is 0.125. The maximum atomic E-state index is 5.83. The first-order valence-electron chi connectivity index (χ1n) is 3.40. The van der Waals surface area contributed by atoms with Crippen LogP contribution in [-0.2, 0) is 5.33 Å². The third-order valence-corrected chi connectivity index (χ3v) is 3.24. The summed E-state index contributed by atoms with van der Waals surface area (Å²) in [4.78, 5) is 5.22. The van der Waals surface area contributed by atoms with E-state index in [1.165, 1.54) is 10.9 Å². The number of hydrogen-bond acceptors (Lipinski definition) is 2. The molecule has 62 valence electrons. The fourth-order valence-corrected chi connectivity index (χ4v) is 2.63. The van der Waals surface area contributed by atoms with E-state index in [1.54, 1.807) is 11.3 Å². The van der Waals surface area contributed by atoms with Gasteiger partial charge < -0.3 is 0 Å². The molecule has 0 radical (unpaired) electrons. The lowest BCUT2D eigenvalue weighted by Crippen LogP contribution is -1.81. The second-order valence-electron chi connectivity index (χ2n) is 2.38. The van der Waals surface area contributed by atoms with Gasteiger partial charge in [-0.2, -0.15) is 0 Å². The lowest BCUT2D eigenvalue weighted by atomic mass is 10.2. The number of pyridine rings is 1. The van der Waals surface area contributed by atoms with Crippen LogP contribution < -0.4 is 0 Å². The number of hydrogen-bond donors (Lipinski definition) is 0. The van der Waals surface area contributed by atoms with Gasteiger partial charge in [0.25, 0.3) is 0 Å². The molecule has 2 heterocycles. The summed E-state index contributed by atoms with van der Waals surface area (Å²) in [6.45, 7) is 0. The maximum Gasteiger partial charge on any atom is 0.131 e. The van der Waals surface area contributed by atoms with Crippen molar-refractivity contribution in [2.45, 2.75) is 5.33 Å². The summed E-state index contributed by atoms with van der Waals surface area (Å²) in [6.07, 6.45) is 0. The Hall–Kier alpha value is -0.120. The summed E-state index contributed by atoms with van der Waals surface area (Å²) in [6, 6.07) is 3.96. The van der Waals surface area contributed by atoms with E-state index in [0.29, 0.717) is 5.15 Å². The Kier molecular flexibility index (Phi) is 2.35. The van der Waals surface area contributed by atoms with Crippen molar-refractivity contribution in [3.8, 4) is 0 Å². The molecule has 4 heteroatoms. The first kappa shape index (κ1) is 8.48. The standard InChI is InChI=1S/C8H5BrClNS/c9-4-5-3-7(10)11-8-6(5)1-2-12-8/h1-3H,4H2. The minimum Gasteiger partial charge on any atom is -0.225 e. The van der Waals surface area contributed by atoms with E-state index in [1.807, 2.05) is 11.4 Å². The van der Waals surface area contributed by atoms with Crippen LogP contribution in [0.4, 0.5) is 0 Å². The number of fused-ring (bicyclic) bond motifs is 1. The molecule has 0 aromatic carbocycles. The number of halogens is 2. The number of rotatable bonds is 1. The highest BCUT2D eigenvalue weighted by Gasteiger charge is 2.03. The molecule has 0 saturated heterocycles. The van der Waals surface area contributed by atoms with Gasteiger partial charge in [-0.25, -0.2) is 4.98 Å². The van der Waals surface area contributed by atoms with Crippen LogP contribution in [0.2, 0.25) is 5.15 Å². The summed E-state index contributed by atoms with van der Waals surface area (Å²) < 4.78 is 0. The zero-order valence-corrected chi connectivity index (χ0v) is 9.21. The van der Waals surface area contributed by atoms with Gasteiger partial charge in [-0.15, -0.1) is 11.3 Å². The maximum absolute atomic E-state index is 5.83. The predicted molar refractivity (Wildman–Crippen MR) is 57.3 cm³/mol. The molecular formula is C8H5BrClNS. The minimum atomic E-state index is 0.569. The van der Waals surface area contributed by atoms with E-state index in [4.69, 9.17) is 11.6 Å². The van der Waals surface area contributed by atoms with Gasteiger partial charge in [-0.3, -0.25) is 0 Å². The molecule has 0 spiro atoms. The van der Waals surface area contributed by atoms with Crippen molar-refractivity contribution in [3.05, 3.63) is 28.2 Å². The molecule has 2 aromatic heterocycles. The average Bonchev–Trinajstić information content (AvgIpc) is 2.50. The van der Waals surface area contributed by atoms with Gasteiger partial charge >= 0.3 is 0 Å². The van der Waals surface area contributed by atoms with Crippen LogP contribution in [0.15, 0.2) is 17.5 Å². The zero-order chi connectivity index (χ0) is 8.55. The summed E-state index contributed by atoms with van der Waals surface area (Å²) in [7, 11) is 0. The van der Waals surface area contributed by atoms with Gasteiger partial charge in [0.2, 0.25) is 0 Å². The van der Waals surface area contributed by atoms with Gasteiger partial charge in [0, 0.05) is 10.7 Å². The minimum absolute atomic E-state index is 0.569. The van der Waals surface area contributed by atoms with Crippen molar-refractivity contribution in [2.24, 2.45) is 0 Å². The normalized spacial score (nSPS) is 10.8. The summed E-state index contributed by atoms with van der Waals surface area (Å²) >= 11 is 10.9. The molecule has 0 N–H and O–H groups in total. The van der Waals surface area contributed by atoms with Crippen molar-refractivity contribution in [1.82, 2.24) is 4.98 Å². The Balaban J connectivity index is 2.80. The average molecular weight is 263 g/mol. The molecule has 0 unspecified atom stereocenters. The van der Waals surface area contributed by atoms with Gasteiger partial charge in [0.15, 0.2) is 0 Å². The third-order valence-electron chi connectivity index (χ3n) is 1.64. The van der Waals surface area contributed by atoms with Crippen LogP contribution in [0.25, 0.3) is 10.2 Å². The number of alkyl halides is 1. The monoisotopic (exact) mass is 261 g/mol. The molecule has 0 atom stereocenters. The zero-order valence-electron chi connectivity index (χ0n) is 6.05. The van der Waals surface area contributed by atoms with E-state index in [0.717, 1.165) is 10.2 Å². The van der Waals surface area contributed by atoms with Crippen LogP contribution >= 0.6 is 38.9 Å². The Morgan fingerprint density at radius 1 is 1.58 bits per heavy atom. The van der Waals surface area contributed by atoms with E-state index >= 15 is 0 Å². The Labute approximate surface area is 87.5 Å². The first-order chi connectivity index (χ1) is 5.81. The predicted octanol–water partition coefficient (Wildman–Crippen LogP) is 3.84. The largest absolute Gasteiger partial charge is 0.225 e. The highest BCUT2D eigenvalue weighted by atomic mass is 79.9. The summed E-state index contributed by atoms with van der Waals surface area (Å²) in [5, 5.41) is 4.61. The molecule has 1 nitrogen and oxygen atoms in total. The van der Waals surface area contributed by atoms with Crippen LogP contribution in [0, 0.1) is 0 Å². The van der Waals surface area contributed by atoms with Crippen LogP contribution in [-0.4, -0.2) is 4.98 Å². The first-order valence-corrected chi connectivity index (χ1v) is 5.78. The van der Waals surface area contributed by atoms with Crippen molar-refractivity contribution < 1.29 is 0 Å². The van der Waals surface area contributed by atoms with Crippen molar-refractivity contribution in [1.29, 1.82) is 0 Å². The van der Waals surface area contributed by atoms with Gasteiger partial charge in [0.1, 0.15) is 9.98 Å². The Morgan fingerprint density at radius 2 is 2.42 bits per heavy atom. The number of thiophene rings is 1. The molecular weight excluding hydrogens is 258 g/mol. The summed E-state index contributed by atoms with van der Waals surface area (Å²) in [5.41, 5.74) is 1.20. The van der Waals surface area contributed by atoms with Crippen molar-refractivity contribution in [2.75, 3.05) is 0 Å². The topological polar surface area (TPSA) is 12.9 Å². The molecule has 12 heavy (non-hydrogen) atoms. The van der Waals surface area contributed by atoms with E-state index in [2.05, 4.69) is 27.0 Å². The molecule has 0 aliphatic heterocycles. The lowest BCUT2D eigenvalue weighted by Gasteiger charge is -1.97. The second-order valence-corrected chi connectivity index (χ2v) is 4.22. The Bertz CT molecular complexity index is 412. The fourth-order valence-electron chi connectivity index (χ4n) is 1.09. The van der Waals surface area contributed by atoms with Gasteiger partial charge in [0.05, 0.1) is 0 Å². The Morgan fingerprint density at radius 3 is 3.17 bits per heavy atom. The van der Waals surface area contributed by atoms with E-state index in [-0.39, 0.29) is 0 Å². The molecule has 2 aromatic rings. The SMILES string of the molecule is Clc1cc(CBr)c2ccsc2n1. The second kappa shape index (κ2) is 3.32. The molecule has 0 saturated carbocycles. The van der Waals surface area contributed by atoms with Crippen LogP contribution in [0.3, 0.4) is 0 Å². The van der Waals surface area contributed by atoms with Crippen molar-refractivity contribution >= 4 is 49.1 Å². The quantitative estimate of drug-likeness (QED) is 0.562. The molecule has 0 fully saturated rings. The van der Waals surface area contributed by atoms with E-state index in [9.17, 15) is 0 Å². The third kappa shape index (κ3) is 1.37. The molecule has 0 aliphatic rings. The summed E-state index contributed by atoms with van der Waals surface area (Å²) in [5.74, 6) is 0. The van der Waals surface area contributed by atoms with Crippen LogP contribution in [0.5, 0.6) is 0 Å². The number of nitrogens with zero attached hydrogens (tertiary/aromatic N) is 1. The molecule has 0 amide bonds.